The van der Waals surface area contributed by atoms with Crippen molar-refractivity contribution in [2.45, 2.75) is 38.9 Å². The molecule has 108 valence electrons. The molecule has 3 rings (SSSR count). The van der Waals surface area contributed by atoms with Crippen LogP contribution in [0.5, 0.6) is 0 Å². The maximum atomic E-state index is 6.07. The highest BCUT2D eigenvalue weighted by Gasteiger charge is 2.51. The second-order valence-electron chi connectivity index (χ2n) is 6.22. The molecule has 1 fully saturated rings. The molecule has 5 nitrogen and oxygen atoms in total. The zero-order chi connectivity index (χ0) is 15.1. The highest BCUT2D eigenvalue weighted by atomic mass is 16.7. The van der Waals surface area contributed by atoms with Gasteiger partial charge >= 0.3 is 7.12 Å². The van der Waals surface area contributed by atoms with E-state index < -0.39 is 0 Å². The number of rotatable bonds is 2. The van der Waals surface area contributed by atoms with E-state index in [-0.39, 0.29) is 18.3 Å². The Morgan fingerprint density at radius 2 is 1.71 bits per heavy atom. The second kappa shape index (κ2) is 4.89. The summed E-state index contributed by atoms with van der Waals surface area (Å²) in [4.78, 5) is 0. The molecule has 0 spiro atoms. The van der Waals surface area contributed by atoms with Crippen LogP contribution in [0.15, 0.2) is 36.5 Å². The third kappa shape index (κ3) is 2.56. The van der Waals surface area contributed by atoms with Crippen LogP contribution in [0, 0.1) is 0 Å². The van der Waals surface area contributed by atoms with Gasteiger partial charge in [0, 0.05) is 5.56 Å². The molecule has 0 radical (unpaired) electrons. The molecule has 1 saturated heterocycles. The van der Waals surface area contributed by atoms with Gasteiger partial charge in [-0.2, -0.15) is 0 Å². The normalized spacial score (nSPS) is 19.7. The van der Waals surface area contributed by atoms with Gasteiger partial charge in [-0.1, -0.05) is 24.3 Å². The number of hydrogen-bond acceptors (Lipinski definition) is 5. The lowest BCUT2D eigenvalue weighted by Crippen LogP contribution is -2.41. The first-order valence-electron chi connectivity index (χ1n) is 6.99. The third-order valence-electron chi connectivity index (χ3n) is 4.21. The van der Waals surface area contributed by atoms with Crippen LogP contribution in [-0.2, 0) is 9.31 Å². The lowest BCUT2D eigenvalue weighted by molar-refractivity contribution is 0.00578. The van der Waals surface area contributed by atoms with Crippen LogP contribution in [0.1, 0.15) is 27.7 Å². The van der Waals surface area contributed by atoms with Crippen molar-refractivity contribution in [2.75, 3.05) is 0 Å². The molecular weight excluding hydrogens is 265 g/mol. The van der Waals surface area contributed by atoms with Crippen molar-refractivity contribution in [1.29, 1.82) is 0 Å². The van der Waals surface area contributed by atoms with Crippen molar-refractivity contribution in [3.63, 3.8) is 0 Å². The summed E-state index contributed by atoms with van der Waals surface area (Å²) in [7, 11) is -0.371. The predicted molar refractivity (Wildman–Crippen MR) is 81.0 cm³/mol. The van der Waals surface area contributed by atoms with Crippen LogP contribution in [-0.4, -0.2) is 33.7 Å². The van der Waals surface area contributed by atoms with Crippen molar-refractivity contribution >= 4 is 12.6 Å². The van der Waals surface area contributed by atoms with Crippen molar-refractivity contribution in [3.05, 3.63) is 36.5 Å². The van der Waals surface area contributed by atoms with Gasteiger partial charge in [0.05, 0.1) is 23.1 Å². The molecule has 0 N–H and O–H groups in total. The molecule has 0 aliphatic carbocycles. The second-order valence-corrected chi connectivity index (χ2v) is 6.22. The standard InChI is InChI=1S/C15H18BN3O2/c1-14(2)15(3,4)21-16(20-14)12-7-5-6-11(10-12)13-8-9-17-19-18-13/h5-10H,1-4H3. The molecule has 2 aromatic rings. The number of nitrogens with zero attached hydrogens (tertiary/aromatic N) is 3. The van der Waals surface area contributed by atoms with E-state index in [4.69, 9.17) is 9.31 Å². The average molecular weight is 283 g/mol. The van der Waals surface area contributed by atoms with Crippen molar-refractivity contribution in [2.24, 2.45) is 0 Å². The van der Waals surface area contributed by atoms with E-state index in [0.29, 0.717) is 0 Å². The predicted octanol–water partition coefficient (Wildman–Crippen LogP) is 1.84. The Balaban J connectivity index is 1.92. The monoisotopic (exact) mass is 283 g/mol. The van der Waals surface area contributed by atoms with Gasteiger partial charge in [0.2, 0.25) is 0 Å². The summed E-state index contributed by atoms with van der Waals surface area (Å²) in [6.45, 7) is 8.19. The first-order valence-corrected chi connectivity index (χ1v) is 6.99. The van der Waals surface area contributed by atoms with Crippen LogP contribution in [0.2, 0.25) is 0 Å². The lowest BCUT2D eigenvalue weighted by atomic mass is 9.78. The zero-order valence-electron chi connectivity index (χ0n) is 12.7. The van der Waals surface area contributed by atoms with E-state index in [9.17, 15) is 0 Å². The van der Waals surface area contributed by atoms with E-state index in [0.717, 1.165) is 16.7 Å². The van der Waals surface area contributed by atoms with Gasteiger partial charge in [0.25, 0.3) is 0 Å². The summed E-state index contributed by atoms with van der Waals surface area (Å²) >= 11 is 0. The third-order valence-corrected chi connectivity index (χ3v) is 4.21. The van der Waals surface area contributed by atoms with Gasteiger partial charge in [0.1, 0.15) is 0 Å². The van der Waals surface area contributed by atoms with E-state index >= 15 is 0 Å². The molecule has 21 heavy (non-hydrogen) atoms. The molecule has 6 heteroatoms. The largest absolute Gasteiger partial charge is 0.494 e. The van der Waals surface area contributed by atoms with Gasteiger partial charge in [-0.05, 0) is 44.4 Å². The van der Waals surface area contributed by atoms with Crippen molar-refractivity contribution in [1.82, 2.24) is 15.4 Å². The topological polar surface area (TPSA) is 57.1 Å². The van der Waals surface area contributed by atoms with Crippen LogP contribution in [0.4, 0.5) is 0 Å². The Hall–Kier alpha value is -1.79. The summed E-state index contributed by atoms with van der Waals surface area (Å²) in [6, 6.07) is 9.80. The maximum Gasteiger partial charge on any atom is 0.494 e. The quantitative estimate of drug-likeness (QED) is 0.787. The Bertz CT molecular complexity index is 630. The summed E-state index contributed by atoms with van der Waals surface area (Å²) in [5.74, 6) is 0. The highest BCUT2D eigenvalue weighted by Crippen LogP contribution is 2.36. The van der Waals surface area contributed by atoms with Crippen LogP contribution < -0.4 is 5.46 Å². The summed E-state index contributed by atoms with van der Waals surface area (Å²) in [5, 5.41) is 11.4. The van der Waals surface area contributed by atoms with Gasteiger partial charge in [-0.3, -0.25) is 0 Å². The average Bonchev–Trinajstić information content (AvgIpc) is 2.69. The van der Waals surface area contributed by atoms with E-state index in [1.165, 1.54) is 0 Å². The Kier molecular flexibility index (Phi) is 3.30. The number of hydrogen-bond donors (Lipinski definition) is 0. The minimum absolute atomic E-state index is 0.343. The molecule has 0 amide bonds. The fourth-order valence-electron chi connectivity index (χ4n) is 2.22. The van der Waals surface area contributed by atoms with E-state index in [1.807, 2.05) is 58.0 Å². The lowest BCUT2D eigenvalue weighted by Gasteiger charge is -2.32. The van der Waals surface area contributed by atoms with Gasteiger partial charge in [-0.25, -0.2) is 0 Å². The SMILES string of the molecule is CC1(C)OB(c2cccc(-c3ccnnn3)c2)OC1(C)C. The molecule has 0 atom stereocenters. The molecule has 1 aliphatic heterocycles. The summed E-state index contributed by atoms with van der Waals surface area (Å²) < 4.78 is 12.1. The number of aromatic nitrogens is 3. The summed E-state index contributed by atoms with van der Waals surface area (Å²) in [6.07, 6.45) is 1.63. The van der Waals surface area contributed by atoms with Gasteiger partial charge in [0.15, 0.2) is 0 Å². The Labute approximate surface area is 124 Å². The minimum Gasteiger partial charge on any atom is -0.399 e. The van der Waals surface area contributed by atoms with E-state index in [1.54, 1.807) is 6.20 Å². The van der Waals surface area contributed by atoms with Gasteiger partial charge < -0.3 is 9.31 Å². The maximum absolute atomic E-state index is 6.07. The minimum atomic E-state index is -0.371. The molecule has 0 saturated carbocycles. The highest BCUT2D eigenvalue weighted by molar-refractivity contribution is 6.62. The van der Waals surface area contributed by atoms with Crippen LogP contribution in [0.25, 0.3) is 11.3 Å². The fourth-order valence-corrected chi connectivity index (χ4v) is 2.22. The van der Waals surface area contributed by atoms with Crippen LogP contribution in [0.3, 0.4) is 0 Å². The summed E-state index contributed by atoms with van der Waals surface area (Å²) in [5.41, 5.74) is 2.04. The fraction of sp³-hybridized carbons (Fsp3) is 0.400. The first kappa shape index (κ1) is 14.2. The number of benzene rings is 1. The smallest absolute Gasteiger partial charge is 0.399 e. The zero-order valence-corrected chi connectivity index (χ0v) is 12.7. The molecular formula is C15H18BN3O2. The van der Waals surface area contributed by atoms with Gasteiger partial charge in [-0.15, -0.1) is 10.2 Å². The molecule has 1 aliphatic rings. The molecule has 1 aromatic carbocycles. The Morgan fingerprint density at radius 1 is 1.00 bits per heavy atom. The molecule has 0 unspecified atom stereocenters. The molecule has 2 heterocycles. The Morgan fingerprint density at radius 3 is 2.33 bits per heavy atom. The van der Waals surface area contributed by atoms with E-state index in [2.05, 4.69) is 15.4 Å². The first-order chi connectivity index (χ1) is 9.89. The molecule has 1 aromatic heterocycles. The van der Waals surface area contributed by atoms with Crippen LogP contribution >= 0.6 is 0 Å². The van der Waals surface area contributed by atoms with Crippen molar-refractivity contribution < 1.29 is 9.31 Å². The molecule has 0 bridgehead atoms. The van der Waals surface area contributed by atoms with Crippen molar-refractivity contribution in [3.8, 4) is 11.3 Å².